The van der Waals surface area contributed by atoms with Gasteiger partial charge in [0.25, 0.3) is 0 Å². The lowest BCUT2D eigenvalue weighted by Gasteiger charge is -2.43. The maximum atomic E-state index is 2.56. The van der Waals surface area contributed by atoms with Gasteiger partial charge in [-0.15, -0.1) is 0 Å². The maximum Gasteiger partial charge on any atom is 0.0618 e. The highest BCUT2D eigenvalue weighted by molar-refractivity contribution is 6.09. The van der Waals surface area contributed by atoms with E-state index in [0.717, 1.165) is 17.1 Å². The molecule has 10 aromatic rings. The predicted molar refractivity (Wildman–Crippen MR) is 251 cm³/mol. The first kappa shape index (κ1) is 34.8. The second-order valence-corrected chi connectivity index (χ2v) is 16.2. The third kappa shape index (κ3) is 5.79. The third-order valence-corrected chi connectivity index (χ3v) is 12.4. The first-order valence-electron chi connectivity index (χ1n) is 20.5. The molecule has 0 aromatic heterocycles. The molecule has 1 heterocycles. The first-order chi connectivity index (χ1) is 29.0. The number of anilines is 6. The van der Waals surface area contributed by atoms with Crippen LogP contribution in [-0.2, 0) is 5.41 Å². The van der Waals surface area contributed by atoms with Crippen LogP contribution in [0.4, 0.5) is 34.1 Å². The second kappa shape index (κ2) is 13.9. The van der Waals surface area contributed by atoms with Crippen LogP contribution in [0, 0.1) is 0 Å². The van der Waals surface area contributed by atoms with E-state index in [9.17, 15) is 0 Å². The molecule has 0 amide bonds. The van der Waals surface area contributed by atoms with Gasteiger partial charge in [-0.1, -0.05) is 190 Å². The molecule has 2 heteroatoms. The molecule has 0 bridgehead atoms. The molecule has 1 aliphatic rings. The Bertz CT molecular complexity index is 3190. The molecular weight excluding hydrogens is 713 g/mol. The molecule has 1 aliphatic heterocycles. The molecule has 0 aliphatic carbocycles. The minimum atomic E-state index is -0.254. The average Bonchev–Trinajstić information content (AvgIpc) is 3.29. The van der Waals surface area contributed by atoms with Crippen LogP contribution in [0.1, 0.15) is 25.0 Å². The van der Waals surface area contributed by atoms with E-state index in [1.807, 2.05) is 0 Å². The van der Waals surface area contributed by atoms with Crippen molar-refractivity contribution < 1.29 is 0 Å². The molecule has 2 nitrogen and oxygen atoms in total. The highest BCUT2D eigenvalue weighted by atomic mass is 15.2. The van der Waals surface area contributed by atoms with E-state index in [-0.39, 0.29) is 5.41 Å². The zero-order chi connectivity index (χ0) is 39.5. The summed E-state index contributed by atoms with van der Waals surface area (Å²) in [6.45, 7) is 4.75. The number of para-hydroxylation sites is 1. The van der Waals surface area contributed by atoms with Crippen LogP contribution in [0.15, 0.2) is 218 Å². The van der Waals surface area contributed by atoms with Crippen LogP contribution in [0.5, 0.6) is 0 Å². The molecule has 280 valence electrons. The van der Waals surface area contributed by atoms with Crippen LogP contribution in [0.25, 0.3) is 54.6 Å². The van der Waals surface area contributed by atoms with E-state index >= 15 is 0 Å². The number of hydrogen-bond donors (Lipinski definition) is 0. The van der Waals surface area contributed by atoms with E-state index in [4.69, 9.17) is 0 Å². The van der Waals surface area contributed by atoms with Crippen LogP contribution < -0.4 is 9.80 Å². The zero-order valence-electron chi connectivity index (χ0n) is 33.2. The van der Waals surface area contributed by atoms with Gasteiger partial charge in [0, 0.05) is 33.1 Å². The lowest BCUT2D eigenvalue weighted by Crippen LogP contribution is -2.31. The summed E-state index contributed by atoms with van der Waals surface area (Å²) in [5.41, 5.74) is 14.0. The Hall–Kier alpha value is -7.42. The van der Waals surface area contributed by atoms with Crippen molar-refractivity contribution in [3.05, 3.63) is 230 Å². The SMILES string of the molecule is CC1(C)c2ccccc2N(c2c(-c3ccc4ccccc4c3)ccc3ccccc23)c2cc(N(c3ccc(-c4ccccc4)cc3)c3cccc4ccccc34)ccc21. The third-order valence-electron chi connectivity index (χ3n) is 12.4. The molecular formula is C57H42N2. The summed E-state index contributed by atoms with van der Waals surface area (Å²) in [7, 11) is 0. The standard InChI is InChI=1S/C57H42N2/c1-57(2)51-24-12-13-25-54(51)59(56-49-23-11-9-19-43(49)31-35-50(56)45-28-27-40-17-6-7-20-44(40)37-45)55-38-47(34-36-52(55)57)58(53-26-14-21-42-18-8-10-22-48(42)53)46-32-29-41(30-33-46)39-15-4-3-5-16-39/h3-38H,1-2H3. The topological polar surface area (TPSA) is 6.48 Å². The van der Waals surface area contributed by atoms with Gasteiger partial charge < -0.3 is 9.80 Å². The normalized spacial score (nSPS) is 13.0. The predicted octanol–water partition coefficient (Wildman–Crippen LogP) is 16.1. The van der Waals surface area contributed by atoms with Gasteiger partial charge in [-0.25, -0.2) is 0 Å². The fourth-order valence-electron chi connectivity index (χ4n) is 9.44. The summed E-state index contributed by atoms with van der Waals surface area (Å²) >= 11 is 0. The molecule has 0 spiro atoms. The van der Waals surface area contributed by atoms with Gasteiger partial charge >= 0.3 is 0 Å². The Labute approximate surface area is 345 Å². The maximum absolute atomic E-state index is 2.56. The Morgan fingerprint density at radius 3 is 1.76 bits per heavy atom. The number of rotatable bonds is 6. The van der Waals surface area contributed by atoms with Crippen molar-refractivity contribution in [3.8, 4) is 22.3 Å². The van der Waals surface area contributed by atoms with Gasteiger partial charge in [-0.05, 0) is 91.8 Å². The lowest BCUT2D eigenvalue weighted by molar-refractivity contribution is 0.632. The van der Waals surface area contributed by atoms with Crippen molar-refractivity contribution in [2.75, 3.05) is 9.80 Å². The van der Waals surface area contributed by atoms with Crippen molar-refractivity contribution in [1.29, 1.82) is 0 Å². The Morgan fingerprint density at radius 1 is 0.373 bits per heavy atom. The van der Waals surface area contributed by atoms with Gasteiger partial charge in [0.1, 0.15) is 0 Å². The molecule has 0 saturated heterocycles. The summed E-state index contributed by atoms with van der Waals surface area (Å²) in [5, 5.41) is 7.31. The summed E-state index contributed by atoms with van der Waals surface area (Å²) < 4.78 is 0. The summed E-state index contributed by atoms with van der Waals surface area (Å²) in [6.07, 6.45) is 0. The Balaban J connectivity index is 1.18. The molecule has 10 aromatic carbocycles. The number of fused-ring (bicyclic) bond motifs is 5. The monoisotopic (exact) mass is 754 g/mol. The molecule has 0 saturated carbocycles. The number of nitrogens with zero attached hydrogens (tertiary/aromatic N) is 2. The van der Waals surface area contributed by atoms with E-state index < -0.39 is 0 Å². The smallest absolute Gasteiger partial charge is 0.0618 e. The van der Waals surface area contributed by atoms with Gasteiger partial charge in [0.05, 0.1) is 22.7 Å². The lowest BCUT2D eigenvalue weighted by atomic mass is 9.73. The van der Waals surface area contributed by atoms with E-state index in [1.165, 1.54) is 82.8 Å². The minimum absolute atomic E-state index is 0.254. The molecule has 0 atom stereocenters. The van der Waals surface area contributed by atoms with Gasteiger partial charge in [0.15, 0.2) is 0 Å². The van der Waals surface area contributed by atoms with E-state index in [0.29, 0.717) is 0 Å². The van der Waals surface area contributed by atoms with Crippen molar-refractivity contribution >= 4 is 66.4 Å². The quantitative estimate of drug-likeness (QED) is 0.167. The second-order valence-electron chi connectivity index (χ2n) is 16.2. The molecule has 0 radical (unpaired) electrons. The molecule has 11 rings (SSSR count). The highest BCUT2D eigenvalue weighted by Gasteiger charge is 2.38. The van der Waals surface area contributed by atoms with Gasteiger partial charge in [-0.3, -0.25) is 0 Å². The van der Waals surface area contributed by atoms with Crippen LogP contribution in [0.2, 0.25) is 0 Å². The van der Waals surface area contributed by atoms with Crippen molar-refractivity contribution in [2.45, 2.75) is 19.3 Å². The molecule has 0 fully saturated rings. The summed E-state index contributed by atoms with van der Waals surface area (Å²) in [4.78, 5) is 5.00. The van der Waals surface area contributed by atoms with Crippen LogP contribution in [-0.4, -0.2) is 0 Å². The Kier molecular flexibility index (Phi) is 8.20. The van der Waals surface area contributed by atoms with Crippen LogP contribution in [0.3, 0.4) is 0 Å². The van der Waals surface area contributed by atoms with Crippen molar-refractivity contribution in [2.24, 2.45) is 0 Å². The molecule has 0 unspecified atom stereocenters. The fourth-order valence-corrected chi connectivity index (χ4v) is 9.44. The number of hydrogen-bond acceptors (Lipinski definition) is 2. The minimum Gasteiger partial charge on any atom is -0.310 e. The van der Waals surface area contributed by atoms with E-state index in [2.05, 4.69) is 242 Å². The largest absolute Gasteiger partial charge is 0.310 e. The highest BCUT2D eigenvalue weighted by Crippen LogP contribution is 2.56. The summed E-state index contributed by atoms with van der Waals surface area (Å²) in [5.74, 6) is 0. The van der Waals surface area contributed by atoms with Gasteiger partial charge in [0.2, 0.25) is 0 Å². The van der Waals surface area contributed by atoms with E-state index in [1.54, 1.807) is 0 Å². The van der Waals surface area contributed by atoms with Crippen LogP contribution >= 0.6 is 0 Å². The zero-order valence-corrected chi connectivity index (χ0v) is 33.2. The van der Waals surface area contributed by atoms with Gasteiger partial charge in [-0.2, -0.15) is 0 Å². The van der Waals surface area contributed by atoms with Crippen molar-refractivity contribution in [1.82, 2.24) is 0 Å². The average molecular weight is 755 g/mol. The fraction of sp³-hybridized carbons (Fsp3) is 0.0526. The molecule has 0 N–H and O–H groups in total. The molecule has 59 heavy (non-hydrogen) atoms. The Morgan fingerprint density at radius 2 is 0.949 bits per heavy atom. The number of benzene rings is 10. The van der Waals surface area contributed by atoms with Crippen molar-refractivity contribution in [3.63, 3.8) is 0 Å². The first-order valence-corrected chi connectivity index (χ1v) is 20.5. The summed E-state index contributed by atoms with van der Waals surface area (Å²) in [6, 6.07) is 80.2.